The van der Waals surface area contributed by atoms with Gasteiger partial charge in [-0.15, -0.1) is 0 Å². The third kappa shape index (κ3) is 1.22. The van der Waals surface area contributed by atoms with Gasteiger partial charge in [-0.25, -0.2) is 4.99 Å². The zero-order valence-corrected chi connectivity index (χ0v) is 8.54. The molecule has 1 heterocycles. The summed E-state index contributed by atoms with van der Waals surface area (Å²) in [6.45, 7) is 0.811. The molecule has 3 aliphatic rings. The molecule has 1 spiro atoms. The third-order valence-corrected chi connectivity index (χ3v) is 4.18. The van der Waals surface area contributed by atoms with Crippen LogP contribution in [-0.2, 0) is 4.74 Å². The quantitative estimate of drug-likeness (QED) is 0.637. The van der Waals surface area contributed by atoms with Crippen molar-refractivity contribution in [3.05, 3.63) is 0 Å². The molecule has 14 heavy (non-hydrogen) atoms. The molecule has 0 radical (unpaired) electrons. The van der Waals surface area contributed by atoms with Gasteiger partial charge < -0.3 is 10.5 Å². The Morgan fingerprint density at radius 1 is 1.21 bits per heavy atom. The number of nitrogens with two attached hydrogens (primary N) is 1. The summed E-state index contributed by atoms with van der Waals surface area (Å²) in [7, 11) is 0. The van der Waals surface area contributed by atoms with E-state index in [0.29, 0.717) is 6.02 Å². The Hall–Kier alpha value is -0.730. The van der Waals surface area contributed by atoms with Gasteiger partial charge in [0.25, 0.3) is 6.02 Å². The number of ether oxygens (including phenoxy) is 1. The van der Waals surface area contributed by atoms with E-state index in [9.17, 15) is 0 Å². The van der Waals surface area contributed by atoms with Crippen molar-refractivity contribution in [3.63, 3.8) is 0 Å². The second kappa shape index (κ2) is 2.88. The van der Waals surface area contributed by atoms with E-state index in [1.165, 1.54) is 38.5 Å². The molecule has 0 bridgehead atoms. The van der Waals surface area contributed by atoms with Crippen molar-refractivity contribution in [2.45, 2.75) is 44.1 Å². The van der Waals surface area contributed by atoms with Gasteiger partial charge in [-0.3, -0.25) is 0 Å². The molecule has 0 amide bonds. The van der Waals surface area contributed by atoms with Gasteiger partial charge in [0.1, 0.15) is 5.60 Å². The molecule has 2 saturated carbocycles. The summed E-state index contributed by atoms with van der Waals surface area (Å²) in [5.41, 5.74) is 5.62. The Morgan fingerprint density at radius 3 is 2.36 bits per heavy atom. The van der Waals surface area contributed by atoms with Crippen molar-refractivity contribution in [3.8, 4) is 0 Å². The highest BCUT2D eigenvalue weighted by atomic mass is 16.5. The number of fused-ring (bicyclic) bond motifs is 1. The van der Waals surface area contributed by atoms with E-state index in [2.05, 4.69) is 4.99 Å². The molecule has 2 N–H and O–H groups in total. The molecule has 0 aromatic rings. The molecule has 3 rings (SSSR count). The summed E-state index contributed by atoms with van der Waals surface area (Å²) in [5.74, 6) is 1.79. The maximum absolute atomic E-state index is 5.73. The minimum atomic E-state index is 0.0176. The number of hydrogen-bond donors (Lipinski definition) is 1. The molecule has 1 aliphatic heterocycles. The van der Waals surface area contributed by atoms with Gasteiger partial charge >= 0.3 is 0 Å². The first-order valence-electron chi connectivity index (χ1n) is 5.76. The van der Waals surface area contributed by atoms with Crippen LogP contribution in [-0.4, -0.2) is 18.2 Å². The number of aliphatic imine (C=N–C) groups is 1. The molecule has 0 aromatic heterocycles. The Morgan fingerprint density at radius 2 is 1.86 bits per heavy atom. The fraction of sp³-hybridized carbons (Fsp3) is 0.909. The second-order valence-corrected chi connectivity index (χ2v) is 5.15. The van der Waals surface area contributed by atoms with Crippen molar-refractivity contribution in [2.75, 3.05) is 6.54 Å². The van der Waals surface area contributed by atoms with Crippen LogP contribution in [0, 0.1) is 11.8 Å². The van der Waals surface area contributed by atoms with Gasteiger partial charge in [0.15, 0.2) is 0 Å². The highest BCUT2D eigenvalue weighted by Gasteiger charge is 2.49. The monoisotopic (exact) mass is 194 g/mol. The Labute approximate surface area is 84.7 Å². The molecule has 2 aliphatic carbocycles. The first kappa shape index (κ1) is 8.57. The average molecular weight is 194 g/mol. The Kier molecular flexibility index (Phi) is 1.76. The molecular formula is C11H18N2O. The van der Waals surface area contributed by atoms with E-state index in [1.807, 2.05) is 0 Å². The lowest BCUT2D eigenvalue weighted by Gasteiger charge is -2.23. The number of rotatable bonds is 0. The highest BCUT2D eigenvalue weighted by molar-refractivity contribution is 5.73. The van der Waals surface area contributed by atoms with Crippen LogP contribution in [0.1, 0.15) is 38.5 Å². The first-order valence-corrected chi connectivity index (χ1v) is 5.76. The van der Waals surface area contributed by atoms with Crippen LogP contribution >= 0.6 is 0 Å². The van der Waals surface area contributed by atoms with Crippen molar-refractivity contribution in [2.24, 2.45) is 22.6 Å². The van der Waals surface area contributed by atoms with Gasteiger partial charge in [-0.1, -0.05) is 25.7 Å². The summed E-state index contributed by atoms with van der Waals surface area (Å²) >= 11 is 0. The van der Waals surface area contributed by atoms with Gasteiger partial charge in [0, 0.05) is 0 Å². The van der Waals surface area contributed by atoms with Crippen molar-refractivity contribution >= 4 is 6.02 Å². The Balaban J connectivity index is 1.74. The van der Waals surface area contributed by atoms with Gasteiger partial charge in [-0.2, -0.15) is 0 Å². The largest absolute Gasteiger partial charge is 0.457 e. The summed E-state index contributed by atoms with van der Waals surface area (Å²) in [6, 6.07) is 0.420. The van der Waals surface area contributed by atoms with Crippen LogP contribution in [0.4, 0.5) is 0 Å². The van der Waals surface area contributed by atoms with Crippen LogP contribution in [0.5, 0.6) is 0 Å². The van der Waals surface area contributed by atoms with Gasteiger partial charge in [0.2, 0.25) is 0 Å². The van der Waals surface area contributed by atoms with Crippen molar-refractivity contribution < 1.29 is 4.74 Å². The van der Waals surface area contributed by atoms with Crippen molar-refractivity contribution in [1.82, 2.24) is 0 Å². The van der Waals surface area contributed by atoms with E-state index in [-0.39, 0.29) is 5.60 Å². The van der Waals surface area contributed by atoms with Crippen molar-refractivity contribution in [1.29, 1.82) is 0 Å². The molecule has 2 fully saturated rings. The first-order chi connectivity index (χ1) is 6.77. The molecule has 3 heteroatoms. The highest BCUT2D eigenvalue weighted by Crippen LogP contribution is 2.49. The van der Waals surface area contributed by atoms with E-state index in [4.69, 9.17) is 10.5 Å². The number of nitrogens with zero attached hydrogens (tertiary/aromatic N) is 1. The minimum Gasteiger partial charge on any atom is -0.457 e. The van der Waals surface area contributed by atoms with Crippen LogP contribution in [0.15, 0.2) is 4.99 Å². The predicted octanol–water partition coefficient (Wildman–Crippen LogP) is 1.67. The Bertz CT molecular complexity index is 260. The average Bonchev–Trinajstić information content (AvgIpc) is 2.69. The molecular weight excluding hydrogens is 176 g/mol. The standard InChI is InChI=1S/C11H18N2O/c12-10-13-7-11(14-10)5-8-3-1-2-4-9(8)6-11/h8-9H,1-7H2,(H2,12,13). The minimum absolute atomic E-state index is 0.0176. The summed E-state index contributed by atoms with van der Waals surface area (Å²) in [5, 5.41) is 0. The summed E-state index contributed by atoms with van der Waals surface area (Å²) in [6.07, 6.45) is 8.01. The summed E-state index contributed by atoms with van der Waals surface area (Å²) < 4.78 is 5.73. The molecule has 3 nitrogen and oxygen atoms in total. The lowest BCUT2D eigenvalue weighted by molar-refractivity contribution is 0.0864. The zero-order chi connectivity index (χ0) is 9.60. The molecule has 78 valence electrons. The lowest BCUT2D eigenvalue weighted by Crippen LogP contribution is -2.32. The van der Waals surface area contributed by atoms with E-state index >= 15 is 0 Å². The van der Waals surface area contributed by atoms with Crippen LogP contribution in [0.25, 0.3) is 0 Å². The second-order valence-electron chi connectivity index (χ2n) is 5.15. The lowest BCUT2D eigenvalue weighted by atomic mass is 9.82. The predicted molar refractivity (Wildman–Crippen MR) is 55.0 cm³/mol. The fourth-order valence-electron chi connectivity index (χ4n) is 3.58. The van der Waals surface area contributed by atoms with Crippen LogP contribution < -0.4 is 5.73 Å². The summed E-state index contributed by atoms with van der Waals surface area (Å²) in [4.78, 5) is 4.20. The zero-order valence-electron chi connectivity index (χ0n) is 8.54. The topological polar surface area (TPSA) is 47.6 Å². The molecule has 2 unspecified atom stereocenters. The number of amidine groups is 1. The van der Waals surface area contributed by atoms with E-state index < -0.39 is 0 Å². The number of hydrogen-bond acceptors (Lipinski definition) is 3. The SMILES string of the molecule is NC1=NCC2(CC3CCCCC3C2)O1. The molecule has 2 atom stereocenters. The van der Waals surface area contributed by atoms with Crippen LogP contribution in [0.2, 0.25) is 0 Å². The maximum atomic E-state index is 5.73. The van der Waals surface area contributed by atoms with Gasteiger partial charge in [0.05, 0.1) is 6.54 Å². The normalized spacial score (nSPS) is 46.1. The third-order valence-electron chi connectivity index (χ3n) is 4.18. The van der Waals surface area contributed by atoms with Crippen LogP contribution in [0.3, 0.4) is 0 Å². The molecule has 0 aromatic carbocycles. The smallest absolute Gasteiger partial charge is 0.282 e. The van der Waals surface area contributed by atoms with Gasteiger partial charge in [-0.05, 0) is 24.7 Å². The van der Waals surface area contributed by atoms with E-state index in [1.54, 1.807) is 0 Å². The fourth-order valence-corrected chi connectivity index (χ4v) is 3.58. The van der Waals surface area contributed by atoms with E-state index in [0.717, 1.165) is 18.4 Å². The maximum Gasteiger partial charge on any atom is 0.282 e. The molecule has 0 saturated heterocycles.